The smallest absolute Gasteiger partial charge is 0.195 e. The zero-order valence-electron chi connectivity index (χ0n) is 18.8. The molecule has 1 aromatic carbocycles. The highest BCUT2D eigenvalue weighted by molar-refractivity contribution is 14.0. The minimum absolute atomic E-state index is 0. The molecule has 8 nitrogen and oxygen atoms in total. The average Bonchev–Trinajstić information content (AvgIpc) is 3.07. The summed E-state index contributed by atoms with van der Waals surface area (Å²) in [6, 6.07) is 10.0. The van der Waals surface area contributed by atoms with Gasteiger partial charge in [-0.15, -0.1) is 24.0 Å². The van der Waals surface area contributed by atoms with Crippen molar-refractivity contribution in [2.45, 2.75) is 26.3 Å². The van der Waals surface area contributed by atoms with E-state index in [1.54, 1.807) is 0 Å². The van der Waals surface area contributed by atoms with E-state index in [2.05, 4.69) is 28.5 Å². The predicted octanol–water partition coefficient (Wildman–Crippen LogP) is 3.82. The van der Waals surface area contributed by atoms with Crippen LogP contribution in [0.2, 0.25) is 0 Å². The number of aryl methyl sites for hydroxylation is 1. The van der Waals surface area contributed by atoms with E-state index in [1.165, 1.54) is 0 Å². The lowest BCUT2D eigenvalue weighted by atomic mass is 10.1. The molecule has 0 bridgehead atoms. The lowest BCUT2D eigenvalue weighted by Gasteiger charge is -2.32. The summed E-state index contributed by atoms with van der Waals surface area (Å²) in [5.74, 6) is 4.11. The number of nitrogens with zero attached hydrogens (tertiary/aromatic N) is 2. The van der Waals surface area contributed by atoms with Crippen molar-refractivity contribution >= 4 is 35.6 Å². The first kappa shape index (κ1) is 24.7. The van der Waals surface area contributed by atoms with Gasteiger partial charge < -0.3 is 29.3 Å². The highest BCUT2D eigenvalue weighted by Gasteiger charge is 2.25. The minimum atomic E-state index is 0. The van der Waals surface area contributed by atoms with Crippen molar-refractivity contribution in [1.29, 1.82) is 0 Å². The molecule has 1 atom stereocenters. The molecule has 2 aliphatic rings. The van der Waals surface area contributed by atoms with Crippen molar-refractivity contribution in [3.63, 3.8) is 0 Å². The molecule has 0 aliphatic carbocycles. The molecule has 0 spiro atoms. The van der Waals surface area contributed by atoms with Gasteiger partial charge in [0.05, 0.1) is 39.0 Å². The molecular weight excluding hydrogens is 523 g/mol. The van der Waals surface area contributed by atoms with Crippen LogP contribution in [-0.4, -0.2) is 63.5 Å². The van der Waals surface area contributed by atoms with E-state index in [0.29, 0.717) is 19.8 Å². The molecule has 4 rings (SSSR count). The predicted molar refractivity (Wildman–Crippen MR) is 136 cm³/mol. The fourth-order valence-electron chi connectivity index (χ4n) is 3.77. The Labute approximate surface area is 206 Å². The Kier molecular flexibility index (Phi) is 9.49. The highest BCUT2D eigenvalue weighted by atomic mass is 127. The van der Waals surface area contributed by atoms with Gasteiger partial charge >= 0.3 is 0 Å². The van der Waals surface area contributed by atoms with Crippen LogP contribution in [0.1, 0.15) is 30.9 Å². The summed E-state index contributed by atoms with van der Waals surface area (Å²) in [6.07, 6.45) is 0.886. The van der Waals surface area contributed by atoms with Crippen LogP contribution in [0.4, 0.5) is 5.69 Å². The molecule has 1 aromatic heterocycles. The number of aliphatic imine (C=N–C) groups is 1. The number of morpholine rings is 1. The number of rotatable bonds is 6. The van der Waals surface area contributed by atoms with E-state index in [0.717, 1.165) is 73.9 Å². The summed E-state index contributed by atoms with van der Waals surface area (Å²) in [5.41, 5.74) is 0.903. The second kappa shape index (κ2) is 12.3. The van der Waals surface area contributed by atoms with E-state index in [4.69, 9.17) is 23.6 Å². The summed E-state index contributed by atoms with van der Waals surface area (Å²) < 4.78 is 23.0. The van der Waals surface area contributed by atoms with Gasteiger partial charge in [0.25, 0.3) is 0 Å². The van der Waals surface area contributed by atoms with E-state index in [-0.39, 0.29) is 30.0 Å². The summed E-state index contributed by atoms with van der Waals surface area (Å²) in [4.78, 5) is 7.26. The molecule has 3 heterocycles. The maximum atomic E-state index is 5.96. The van der Waals surface area contributed by atoms with Gasteiger partial charge in [-0.05, 0) is 38.1 Å². The first-order valence-electron chi connectivity index (χ1n) is 11.1. The molecule has 2 N–H and O–H groups in total. The number of guanidine groups is 1. The molecule has 1 unspecified atom stereocenters. The first-order valence-corrected chi connectivity index (χ1v) is 11.1. The number of fused-ring (bicyclic) bond motifs is 1. The van der Waals surface area contributed by atoms with E-state index in [1.807, 2.05) is 31.2 Å². The normalized spacial score (nSPS) is 17.8. The van der Waals surface area contributed by atoms with Crippen LogP contribution in [-0.2, 0) is 4.74 Å². The van der Waals surface area contributed by atoms with Crippen LogP contribution in [0, 0.1) is 6.92 Å². The first-order chi connectivity index (χ1) is 15.2. The average molecular weight is 556 g/mol. The van der Waals surface area contributed by atoms with Gasteiger partial charge in [0, 0.05) is 37.8 Å². The number of nitrogens with one attached hydrogen (secondary N) is 2. The molecule has 1 fully saturated rings. The molecular formula is C23H33IN4O4. The van der Waals surface area contributed by atoms with Crippen molar-refractivity contribution in [3.05, 3.63) is 41.9 Å². The molecule has 32 heavy (non-hydrogen) atoms. The molecule has 2 aliphatic heterocycles. The zero-order valence-corrected chi connectivity index (χ0v) is 21.1. The Balaban J connectivity index is 0.00000289. The summed E-state index contributed by atoms with van der Waals surface area (Å²) >= 11 is 0. The Bertz CT molecular complexity index is 883. The number of anilines is 1. The third kappa shape index (κ3) is 6.52. The number of ether oxygens (including phenoxy) is 3. The van der Waals surface area contributed by atoms with E-state index >= 15 is 0 Å². The second-order valence-electron chi connectivity index (χ2n) is 7.67. The molecule has 2 aromatic rings. The van der Waals surface area contributed by atoms with Crippen LogP contribution in [0.15, 0.2) is 39.7 Å². The van der Waals surface area contributed by atoms with Gasteiger partial charge in [-0.1, -0.05) is 0 Å². The van der Waals surface area contributed by atoms with Gasteiger partial charge in [-0.25, -0.2) is 0 Å². The van der Waals surface area contributed by atoms with Crippen LogP contribution in [0.25, 0.3) is 0 Å². The monoisotopic (exact) mass is 556 g/mol. The summed E-state index contributed by atoms with van der Waals surface area (Å²) in [7, 11) is 0. The number of halogens is 1. The number of hydrogen-bond acceptors (Lipinski definition) is 6. The van der Waals surface area contributed by atoms with E-state index in [9.17, 15) is 0 Å². The fourth-order valence-corrected chi connectivity index (χ4v) is 3.77. The third-order valence-corrected chi connectivity index (χ3v) is 5.35. The maximum Gasteiger partial charge on any atom is 0.195 e. The summed E-state index contributed by atoms with van der Waals surface area (Å²) in [6.45, 7) is 9.90. The molecule has 1 saturated heterocycles. The third-order valence-electron chi connectivity index (χ3n) is 5.35. The van der Waals surface area contributed by atoms with Gasteiger partial charge in [-0.2, -0.15) is 0 Å². The number of benzene rings is 1. The Morgan fingerprint density at radius 1 is 1.06 bits per heavy atom. The largest absolute Gasteiger partial charge is 0.490 e. The van der Waals surface area contributed by atoms with Crippen LogP contribution in [0.3, 0.4) is 0 Å². The molecule has 0 amide bonds. The zero-order chi connectivity index (χ0) is 21.5. The molecule has 9 heteroatoms. The SMILES string of the molecule is CCNC(=NCC(c1ccc(C)o1)N1CCOCC1)Nc1ccc2c(c1)OCCCO2.I. The highest BCUT2D eigenvalue weighted by Crippen LogP contribution is 2.32. The van der Waals surface area contributed by atoms with Crippen molar-refractivity contribution in [1.82, 2.24) is 10.2 Å². The lowest BCUT2D eigenvalue weighted by molar-refractivity contribution is 0.0135. The van der Waals surface area contributed by atoms with Crippen LogP contribution < -0.4 is 20.1 Å². The van der Waals surface area contributed by atoms with Crippen molar-refractivity contribution in [2.75, 3.05) is 57.9 Å². The van der Waals surface area contributed by atoms with Gasteiger partial charge in [0.2, 0.25) is 0 Å². The Morgan fingerprint density at radius 3 is 2.56 bits per heavy atom. The van der Waals surface area contributed by atoms with Gasteiger partial charge in [-0.3, -0.25) is 9.89 Å². The lowest BCUT2D eigenvalue weighted by Crippen LogP contribution is -2.40. The van der Waals surface area contributed by atoms with E-state index < -0.39 is 0 Å². The molecule has 0 saturated carbocycles. The van der Waals surface area contributed by atoms with Gasteiger partial charge in [0.1, 0.15) is 11.5 Å². The molecule has 176 valence electrons. The second-order valence-corrected chi connectivity index (χ2v) is 7.67. The Morgan fingerprint density at radius 2 is 1.84 bits per heavy atom. The number of furan rings is 1. The maximum absolute atomic E-state index is 5.96. The standard InChI is InChI=1S/C23H32N4O4.HI/c1-3-24-23(26-18-6-8-21-22(15-18)30-12-4-11-29-21)25-16-19(20-7-5-17(2)31-20)27-9-13-28-14-10-27;/h5-8,15,19H,3-4,9-14,16H2,1-2H3,(H2,24,25,26);1H. The van der Waals surface area contributed by atoms with Crippen molar-refractivity contribution in [3.8, 4) is 11.5 Å². The quantitative estimate of drug-likeness (QED) is 0.318. The molecule has 0 radical (unpaired) electrons. The topological polar surface area (TPSA) is 80.5 Å². The minimum Gasteiger partial charge on any atom is -0.490 e. The van der Waals surface area contributed by atoms with Crippen molar-refractivity contribution in [2.24, 2.45) is 4.99 Å². The van der Waals surface area contributed by atoms with Crippen molar-refractivity contribution < 1.29 is 18.6 Å². The fraction of sp³-hybridized carbons (Fsp3) is 0.522. The Hall–Kier alpha value is -1.98. The summed E-state index contributed by atoms with van der Waals surface area (Å²) in [5, 5.41) is 6.73. The van der Waals surface area contributed by atoms with Crippen LogP contribution >= 0.6 is 24.0 Å². The van der Waals surface area contributed by atoms with Crippen LogP contribution in [0.5, 0.6) is 11.5 Å². The number of hydrogen-bond donors (Lipinski definition) is 2. The van der Waals surface area contributed by atoms with Gasteiger partial charge in [0.15, 0.2) is 17.5 Å².